The number of rotatable bonds is 2. The van der Waals surface area contributed by atoms with E-state index in [0.29, 0.717) is 5.92 Å². The lowest BCUT2D eigenvalue weighted by Gasteiger charge is -2.36. The molecular formula is C14H18ClFN2O. The van der Waals surface area contributed by atoms with Crippen LogP contribution < -0.4 is 10.6 Å². The van der Waals surface area contributed by atoms with Gasteiger partial charge in [-0.15, -0.1) is 0 Å². The molecule has 2 N–H and O–H groups in total. The number of carbonyl (C=O) groups is 1. The van der Waals surface area contributed by atoms with Gasteiger partial charge in [-0.3, -0.25) is 4.79 Å². The number of nitrogens with one attached hydrogen (secondary N) is 2. The van der Waals surface area contributed by atoms with Crippen LogP contribution in [-0.2, 0) is 0 Å². The molecule has 1 aliphatic heterocycles. The summed E-state index contributed by atoms with van der Waals surface area (Å²) in [4.78, 5) is 12.1. The van der Waals surface area contributed by atoms with Crippen molar-refractivity contribution in [2.45, 2.75) is 32.4 Å². The van der Waals surface area contributed by atoms with Gasteiger partial charge in [-0.05, 0) is 37.9 Å². The zero-order chi connectivity index (χ0) is 14.0. The number of hydrogen-bond donors (Lipinski definition) is 2. The summed E-state index contributed by atoms with van der Waals surface area (Å²) in [5.74, 6) is -0.708. The third-order valence-corrected chi connectivity index (χ3v) is 4.00. The summed E-state index contributed by atoms with van der Waals surface area (Å²) < 4.78 is 13.8. The molecule has 0 spiro atoms. The van der Waals surface area contributed by atoms with Gasteiger partial charge in [0.05, 0.1) is 10.6 Å². The largest absolute Gasteiger partial charge is 0.347 e. The second-order valence-electron chi connectivity index (χ2n) is 5.11. The Labute approximate surface area is 117 Å². The van der Waals surface area contributed by atoms with Crippen LogP contribution in [0.5, 0.6) is 0 Å². The predicted molar refractivity (Wildman–Crippen MR) is 73.9 cm³/mol. The molecule has 1 aliphatic rings. The second kappa shape index (κ2) is 5.88. The van der Waals surface area contributed by atoms with Crippen molar-refractivity contribution < 1.29 is 9.18 Å². The summed E-state index contributed by atoms with van der Waals surface area (Å²) in [7, 11) is 0. The SMILES string of the molecule is CC1CCNC(C)C1NC(=O)c1cccc(Cl)c1F. The first-order chi connectivity index (χ1) is 9.00. The van der Waals surface area contributed by atoms with E-state index in [1.54, 1.807) is 6.07 Å². The molecule has 2 rings (SSSR count). The zero-order valence-corrected chi connectivity index (χ0v) is 11.8. The average Bonchev–Trinajstić information content (AvgIpc) is 2.37. The molecule has 3 atom stereocenters. The number of carbonyl (C=O) groups excluding carboxylic acids is 1. The first-order valence-corrected chi connectivity index (χ1v) is 6.86. The average molecular weight is 285 g/mol. The van der Waals surface area contributed by atoms with E-state index in [2.05, 4.69) is 17.6 Å². The van der Waals surface area contributed by atoms with Crippen LogP contribution in [0.1, 0.15) is 30.6 Å². The summed E-state index contributed by atoms with van der Waals surface area (Å²) in [5, 5.41) is 6.18. The van der Waals surface area contributed by atoms with E-state index in [0.717, 1.165) is 13.0 Å². The van der Waals surface area contributed by atoms with Gasteiger partial charge < -0.3 is 10.6 Å². The number of halogens is 2. The summed E-state index contributed by atoms with van der Waals surface area (Å²) >= 11 is 5.69. The topological polar surface area (TPSA) is 41.1 Å². The molecule has 19 heavy (non-hydrogen) atoms. The van der Waals surface area contributed by atoms with Crippen molar-refractivity contribution in [1.82, 2.24) is 10.6 Å². The number of amides is 1. The number of piperidine rings is 1. The molecule has 1 amide bonds. The fourth-order valence-corrected chi connectivity index (χ4v) is 2.69. The van der Waals surface area contributed by atoms with Gasteiger partial charge in [0.25, 0.3) is 5.91 Å². The van der Waals surface area contributed by atoms with Crippen molar-refractivity contribution in [2.75, 3.05) is 6.54 Å². The molecule has 0 aromatic heterocycles. The molecule has 0 saturated carbocycles. The molecule has 3 unspecified atom stereocenters. The Morgan fingerprint density at radius 2 is 2.21 bits per heavy atom. The number of benzene rings is 1. The molecule has 1 fully saturated rings. The minimum Gasteiger partial charge on any atom is -0.347 e. The normalized spacial score (nSPS) is 27.1. The van der Waals surface area contributed by atoms with E-state index < -0.39 is 11.7 Å². The van der Waals surface area contributed by atoms with Crippen LogP contribution in [0.15, 0.2) is 18.2 Å². The molecular weight excluding hydrogens is 267 g/mol. The summed E-state index contributed by atoms with van der Waals surface area (Å²) in [6.07, 6.45) is 0.993. The van der Waals surface area contributed by atoms with Crippen LogP contribution in [0.4, 0.5) is 4.39 Å². The van der Waals surface area contributed by atoms with Crippen LogP contribution in [0, 0.1) is 11.7 Å². The Bertz CT molecular complexity index is 471. The van der Waals surface area contributed by atoms with E-state index in [1.807, 2.05) is 6.92 Å². The van der Waals surface area contributed by atoms with Crippen molar-refractivity contribution in [3.8, 4) is 0 Å². The van der Waals surface area contributed by atoms with Crippen molar-refractivity contribution >= 4 is 17.5 Å². The molecule has 0 radical (unpaired) electrons. The molecule has 1 saturated heterocycles. The Morgan fingerprint density at radius 1 is 1.47 bits per heavy atom. The van der Waals surface area contributed by atoms with E-state index in [4.69, 9.17) is 11.6 Å². The van der Waals surface area contributed by atoms with Gasteiger partial charge in [0.15, 0.2) is 5.82 Å². The molecule has 0 bridgehead atoms. The van der Waals surface area contributed by atoms with Crippen LogP contribution in [0.3, 0.4) is 0 Å². The molecule has 3 nitrogen and oxygen atoms in total. The van der Waals surface area contributed by atoms with Gasteiger partial charge in [0.2, 0.25) is 0 Å². The third kappa shape index (κ3) is 3.07. The predicted octanol–water partition coefficient (Wildman–Crippen LogP) is 2.60. The van der Waals surface area contributed by atoms with Gasteiger partial charge in [0, 0.05) is 12.1 Å². The Balaban J connectivity index is 2.14. The standard InChI is InChI=1S/C14H18ClFN2O/c1-8-6-7-17-9(2)13(8)18-14(19)10-4-3-5-11(15)12(10)16/h3-5,8-9,13,17H,6-7H2,1-2H3,(H,18,19). The highest BCUT2D eigenvalue weighted by molar-refractivity contribution is 6.31. The van der Waals surface area contributed by atoms with Crippen LogP contribution in [-0.4, -0.2) is 24.5 Å². The molecule has 1 aromatic rings. The van der Waals surface area contributed by atoms with Gasteiger partial charge in [-0.25, -0.2) is 4.39 Å². The van der Waals surface area contributed by atoms with Crippen molar-refractivity contribution in [2.24, 2.45) is 5.92 Å². The summed E-state index contributed by atoms with van der Waals surface area (Å²) in [6.45, 7) is 5.06. The van der Waals surface area contributed by atoms with Gasteiger partial charge in [-0.1, -0.05) is 24.6 Å². The van der Waals surface area contributed by atoms with Crippen LogP contribution >= 0.6 is 11.6 Å². The summed E-state index contributed by atoms with van der Waals surface area (Å²) in [5.41, 5.74) is -0.00234. The summed E-state index contributed by atoms with van der Waals surface area (Å²) in [6, 6.07) is 4.63. The molecule has 5 heteroatoms. The minimum absolute atomic E-state index is 0.000341. The minimum atomic E-state index is -0.661. The zero-order valence-electron chi connectivity index (χ0n) is 11.0. The maximum absolute atomic E-state index is 13.8. The second-order valence-corrected chi connectivity index (χ2v) is 5.52. The van der Waals surface area contributed by atoms with Crippen LogP contribution in [0.2, 0.25) is 5.02 Å². The fraction of sp³-hybridized carbons (Fsp3) is 0.500. The van der Waals surface area contributed by atoms with E-state index >= 15 is 0 Å². The molecule has 1 aromatic carbocycles. The number of hydrogen-bond acceptors (Lipinski definition) is 2. The Morgan fingerprint density at radius 3 is 2.89 bits per heavy atom. The van der Waals surface area contributed by atoms with Crippen LogP contribution in [0.25, 0.3) is 0 Å². The van der Waals surface area contributed by atoms with E-state index in [1.165, 1.54) is 12.1 Å². The first-order valence-electron chi connectivity index (χ1n) is 6.49. The molecule has 104 valence electrons. The van der Waals surface area contributed by atoms with Crippen molar-refractivity contribution in [1.29, 1.82) is 0 Å². The maximum Gasteiger partial charge on any atom is 0.254 e. The third-order valence-electron chi connectivity index (χ3n) is 3.71. The van der Waals surface area contributed by atoms with Gasteiger partial charge in [0.1, 0.15) is 0 Å². The maximum atomic E-state index is 13.8. The monoisotopic (exact) mass is 284 g/mol. The lowest BCUT2D eigenvalue weighted by Crippen LogP contribution is -2.56. The molecule has 0 aliphatic carbocycles. The smallest absolute Gasteiger partial charge is 0.254 e. The van der Waals surface area contributed by atoms with Gasteiger partial charge in [-0.2, -0.15) is 0 Å². The lowest BCUT2D eigenvalue weighted by molar-refractivity contribution is 0.0893. The highest BCUT2D eigenvalue weighted by Gasteiger charge is 2.29. The van der Waals surface area contributed by atoms with Crippen molar-refractivity contribution in [3.63, 3.8) is 0 Å². The Kier molecular flexibility index (Phi) is 4.42. The fourth-order valence-electron chi connectivity index (χ4n) is 2.51. The van der Waals surface area contributed by atoms with E-state index in [-0.39, 0.29) is 22.7 Å². The highest BCUT2D eigenvalue weighted by Crippen LogP contribution is 2.20. The van der Waals surface area contributed by atoms with E-state index in [9.17, 15) is 9.18 Å². The molecule has 1 heterocycles. The van der Waals surface area contributed by atoms with Gasteiger partial charge >= 0.3 is 0 Å². The first kappa shape index (κ1) is 14.3. The highest BCUT2D eigenvalue weighted by atomic mass is 35.5. The Hall–Kier alpha value is -1.13. The lowest BCUT2D eigenvalue weighted by atomic mass is 9.89. The quantitative estimate of drug-likeness (QED) is 0.876. The van der Waals surface area contributed by atoms with Crippen molar-refractivity contribution in [3.05, 3.63) is 34.6 Å².